The zero-order valence-corrected chi connectivity index (χ0v) is 10.7. The van der Waals surface area contributed by atoms with Gasteiger partial charge in [-0.2, -0.15) is 0 Å². The zero-order chi connectivity index (χ0) is 12.4. The average Bonchev–Trinajstić information content (AvgIpc) is 2.72. The fourth-order valence-electron chi connectivity index (χ4n) is 1.55. The lowest BCUT2D eigenvalue weighted by Crippen LogP contribution is -2.04. The van der Waals surface area contributed by atoms with Gasteiger partial charge in [-0.3, -0.25) is 0 Å². The third-order valence-corrected chi connectivity index (χ3v) is 3.51. The van der Waals surface area contributed by atoms with Gasteiger partial charge >= 0.3 is 0 Å². The highest BCUT2D eigenvalue weighted by molar-refractivity contribution is 7.09. The molecule has 2 aromatic rings. The summed E-state index contributed by atoms with van der Waals surface area (Å²) in [5.74, 6) is -0.472. The molecule has 0 saturated heterocycles. The predicted octanol–water partition coefficient (Wildman–Crippen LogP) is 3.52. The second-order valence-electron chi connectivity index (χ2n) is 3.72. The standard InChI is InChI=1S/C12H11ClFNOS/c1-7-15-10(6-17-7)11(16)5-8-3-2-4-9(13)12(8)14/h2-4,6,11,16H,5H2,1H3. The summed E-state index contributed by atoms with van der Waals surface area (Å²) >= 11 is 7.14. The third-order valence-electron chi connectivity index (χ3n) is 2.42. The molecule has 0 aliphatic carbocycles. The van der Waals surface area contributed by atoms with Crippen molar-refractivity contribution < 1.29 is 9.50 Å². The fraction of sp³-hybridized carbons (Fsp3) is 0.250. The summed E-state index contributed by atoms with van der Waals surface area (Å²) in [5, 5.41) is 12.7. The molecule has 1 heterocycles. The number of nitrogens with zero attached hydrogens (tertiary/aromatic N) is 1. The van der Waals surface area contributed by atoms with Crippen molar-refractivity contribution in [2.24, 2.45) is 0 Å². The Kier molecular flexibility index (Phi) is 3.76. The van der Waals surface area contributed by atoms with Crippen LogP contribution < -0.4 is 0 Å². The summed E-state index contributed by atoms with van der Waals surface area (Å²) in [6, 6.07) is 4.77. The number of aromatic nitrogens is 1. The van der Waals surface area contributed by atoms with E-state index < -0.39 is 11.9 Å². The second kappa shape index (κ2) is 5.12. The van der Waals surface area contributed by atoms with E-state index in [0.717, 1.165) is 5.01 Å². The summed E-state index contributed by atoms with van der Waals surface area (Å²) in [6.45, 7) is 1.86. The summed E-state index contributed by atoms with van der Waals surface area (Å²) in [7, 11) is 0. The molecule has 1 unspecified atom stereocenters. The molecule has 1 atom stereocenters. The largest absolute Gasteiger partial charge is 0.386 e. The quantitative estimate of drug-likeness (QED) is 0.927. The van der Waals surface area contributed by atoms with E-state index in [1.54, 1.807) is 17.5 Å². The minimum absolute atomic E-state index is 0.0733. The maximum Gasteiger partial charge on any atom is 0.145 e. The topological polar surface area (TPSA) is 33.1 Å². The molecule has 0 spiro atoms. The van der Waals surface area contributed by atoms with Gasteiger partial charge in [0, 0.05) is 11.8 Å². The molecule has 0 amide bonds. The molecule has 17 heavy (non-hydrogen) atoms. The van der Waals surface area contributed by atoms with Crippen LogP contribution in [0.2, 0.25) is 5.02 Å². The minimum Gasteiger partial charge on any atom is -0.386 e. The number of aliphatic hydroxyl groups is 1. The van der Waals surface area contributed by atoms with E-state index in [-0.39, 0.29) is 11.4 Å². The molecule has 0 bridgehead atoms. The Morgan fingerprint density at radius 2 is 2.29 bits per heavy atom. The Morgan fingerprint density at radius 3 is 2.94 bits per heavy atom. The van der Waals surface area contributed by atoms with Gasteiger partial charge in [0.2, 0.25) is 0 Å². The van der Waals surface area contributed by atoms with E-state index >= 15 is 0 Å². The van der Waals surface area contributed by atoms with E-state index in [0.29, 0.717) is 11.3 Å². The summed E-state index contributed by atoms with van der Waals surface area (Å²) in [5.41, 5.74) is 0.975. The Morgan fingerprint density at radius 1 is 1.53 bits per heavy atom. The summed E-state index contributed by atoms with van der Waals surface area (Å²) < 4.78 is 13.6. The van der Waals surface area contributed by atoms with Crippen molar-refractivity contribution >= 4 is 22.9 Å². The smallest absolute Gasteiger partial charge is 0.145 e. The maximum atomic E-state index is 13.6. The monoisotopic (exact) mass is 271 g/mol. The molecule has 0 radical (unpaired) electrons. The van der Waals surface area contributed by atoms with Crippen LogP contribution >= 0.6 is 22.9 Å². The van der Waals surface area contributed by atoms with Gasteiger partial charge in [-0.1, -0.05) is 23.7 Å². The first-order valence-electron chi connectivity index (χ1n) is 5.11. The molecule has 2 rings (SSSR count). The molecule has 1 N–H and O–H groups in total. The van der Waals surface area contributed by atoms with Crippen molar-refractivity contribution in [2.75, 3.05) is 0 Å². The van der Waals surface area contributed by atoms with Crippen LogP contribution in [0, 0.1) is 12.7 Å². The van der Waals surface area contributed by atoms with Gasteiger partial charge in [0.15, 0.2) is 0 Å². The number of hydrogen-bond donors (Lipinski definition) is 1. The Hall–Kier alpha value is -0.970. The summed E-state index contributed by atoms with van der Waals surface area (Å²) in [6.07, 6.45) is -0.622. The van der Waals surface area contributed by atoms with E-state index in [1.165, 1.54) is 17.4 Å². The first-order valence-corrected chi connectivity index (χ1v) is 6.36. The van der Waals surface area contributed by atoms with E-state index in [4.69, 9.17) is 11.6 Å². The number of thiazole rings is 1. The molecule has 2 nitrogen and oxygen atoms in total. The van der Waals surface area contributed by atoms with Crippen LogP contribution in [0.5, 0.6) is 0 Å². The number of rotatable bonds is 3. The first kappa shape index (κ1) is 12.5. The zero-order valence-electron chi connectivity index (χ0n) is 9.15. The van der Waals surface area contributed by atoms with Gasteiger partial charge in [0.1, 0.15) is 11.9 Å². The van der Waals surface area contributed by atoms with Crippen LogP contribution in [0.15, 0.2) is 23.6 Å². The third kappa shape index (κ3) is 2.83. The van der Waals surface area contributed by atoms with Gasteiger partial charge in [-0.25, -0.2) is 9.37 Å². The molecule has 90 valence electrons. The van der Waals surface area contributed by atoms with Crippen LogP contribution in [0.3, 0.4) is 0 Å². The molecule has 1 aromatic carbocycles. The van der Waals surface area contributed by atoms with Crippen molar-refractivity contribution in [3.05, 3.63) is 50.7 Å². The normalized spacial score (nSPS) is 12.7. The van der Waals surface area contributed by atoms with Crippen LogP contribution in [0.25, 0.3) is 0 Å². The van der Waals surface area contributed by atoms with E-state index in [2.05, 4.69) is 4.98 Å². The lowest BCUT2D eigenvalue weighted by molar-refractivity contribution is 0.173. The first-order chi connectivity index (χ1) is 8.08. The summed E-state index contributed by atoms with van der Waals surface area (Å²) in [4.78, 5) is 4.17. The van der Waals surface area contributed by atoms with E-state index in [9.17, 15) is 9.50 Å². The van der Waals surface area contributed by atoms with Gasteiger partial charge < -0.3 is 5.11 Å². The number of aliphatic hydroxyl groups excluding tert-OH is 1. The molecule has 1 aromatic heterocycles. The Labute approximate surface area is 108 Å². The second-order valence-corrected chi connectivity index (χ2v) is 5.19. The van der Waals surface area contributed by atoms with Crippen molar-refractivity contribution in [1.29, 1.82) is 0 Å². The Bertz CT molecular complexity index is 529. The van der Waals surface area contributed by atoms with Crippen LogP contribution in [0.1, 0.15) is 22.4 Å². The van der Waals surface area contributed by atoms with Gasteiger partial charge in [0.05, 0.1) is 15.7 Å². The van der Waals surface area contributed by atoms with Gasteiger partial charge in [0.25, 0.3) is 0 Å². The highest BCUT2D eigenvalue weighted by atomic mass is 35.5. The highest BCUT2D eigenvalue weighted by Gasteiger charge is 2.15. The van der Waals surface area contributed by atoms with Gasteiger partial charge in [-0.15, -0.1) is 11.3 Å². The number of halogens is 2. The van der Waals surface area contributed by atoms with Crippen LogP contribution in [-0.2, 0) is 6.42 Å². The molecular weight excluding hydrogens is 261 g/mol. The number of benzene rings is 1. The number of aryl methyl sites for hydroxylation is 1. The molecule has 0 saturated carbocycles. The fourth-order valence-corrected chi connectivity index (χ4v) is 2.41. The van der Waals surface area contributed by atoms with Crippen LogP contribution in [-0.4, -0.2) is 10.1 Å². The van der Waals surface area contributed by atoms with Crippen molar-refractivity contribution in [3.8, 4) is 0 Å². The molecule has 0 aliphatic rings. The Balaban J connectivity index is 2.18. The lowest BCUT2D eigenvalue weighted by Gasteiger charge is -2.09. The van der Waals surface area contributed by atoms with Crippen molar-refractivity contribution in [1.82, 2.24) is 4.98 Å². The maximum absolute atomic E-state index is 13.6. The molecular formula is C12H11ClFNOS. The van der Waals surface area contributed by atoms with Crippen LogP contribution in [0.4, 0.5) is 4.39 Å². The van der Waals surface area contributed by atoms with E-state index in [1.807, 2.05) is 6.92 Å². The predicted molar refractivity (Wildman–Crippen MR) is 66.9 cm³/mol. The van der Waals surface area contributed by atoms with Crippen molar-refractivity contribution in [3.63, 3.8) is 0 Å². The van der Waals surface area contributed by atoms with Gasteiger partial charge in [-0.05, 0) is 18.6 Å². The molecule has 0 aliphatic heterocycles. The lowest BCUT2D eigenvalue weighted by atomic mass is 10.1. The molecule has 0 fully saturated rings. The highest BCUT2D eigenvalue weighted by Crippen LogP contribution is 2.24. The molecule has 5 heteroatoms. The SMILES string of the molecule is Cc1nc(C(O)Cc2cccc(Cl)c2F)cs1. The average molecular weight is 272 g/mol. The minimum atomic E-state index is -0.798. The van der Waals surface area contributed by atoms with Crippen molar-refractivity contribution in [2.45, 2.75) is 19.4 Å². The number of hydrogen-bond acceptors (Lipinski definition) is 3.